The van der Waals surface area contributed by atoms with Crippen molar-refractivity contribution >= 4 is 49.4 Å². The van der Waals surface area contributed by atoms with Crippen molar-refractivity contribution < 1.29 is 0 Å². The summed E-state index contributed by atoms with van der Waals surface area (Å²) < 4.78 is 0. The van der Waals surface area contributed by atoms with Gasteiger partial charge in [0.05, 0.1) is 0 Å². The van der Waals surface area contributed by atoms with E-state index in [0.29, 0.717) is 0 Å². The van der Waals surface area contributed by atoms with Gasteiger partial charge in [-0.3, -0.25) is 0 Å². The van der Waals surface area contributed by atoms with Crippen LogP contribution in [0.15, 0.2) is 249 Å². The largest absolute Gasteiger partial charge is 0.310 e. The van der Waals surface area contributed by atoms with Crippen molar-refractivity contribution in [3.63, 3.8) is 0 Å². The molecule has 0 radical (unpaired) electrons. The van der Waals surface area contributed by atoms with Gasteiger partial charge in [0.1, 0.15) is 0 Å². The van der Waals surface area contributed by atoms with Crippen LogP contribution in [-0.2, 0) is 0 Å². The molecule has 0 aliphatic carbocycles. The third kappa shape index (κ3) is 6.73. The predicted molar refractivity (Wildman–Crippen MR) is 261 cm³/mol. The van der Waals surface area contributed by atoms with Gasteiger partial charge in [-0.15, -0.1) is 0 Å². The molecule has 0 aliphatic rings. The topological polar surface area (TPSA) is 3.24 Å². The molecule has 0 unspecified atom stereocenters. The minimum atomic E-state index is 1.08. The van der Waals surface area contributed by atoms with Gasteiger partial charge in [-0.2, -0.15) is 0 Å². The van der Waals surface area contributed by atoms with E-state index in [0.717, 1.165) is 22.6 Å². The van der Waals surface area contributed by atoms with Gasteiger partial charge in [0, 0.05) is 17.1 Å². The number of hydrogen-bond donors (Lipinski definition) is 0. The molecule has 1 heteroatoms. The summed E-state index contributed by atoms with van der Waals surface area (Å²) in [6, 6.07) is 90.6. The van der Waals surface area contributed by atoms with Crippen molar-refractivity contribution in [1.29, 1.82) is 0 Å². The maximum Gasteiger partial charge on any atom is 0.0468 e. The van der Waals surface area contributed by atoms with Gasteiger partial charge in [0.25, 0.3) is 0 Å². The van der Waals surface area contributed by atoms with E-state index in [1.807, 2.05) is 0 Å². The molecule has 11 rings (SSSR count). The zero-order valence-electron chi connectivity index (χ0n) is 33.6. The molecule has 0 amide bonds. The summed E-state index contributed by atoms with van der Waals surface area (Å²) in [5.74, 6) is 0. The monoisotopic (exact) mass is 775 g/mol. The highest BCUT2D eigenvalue weighted by atomic mass is 15.1. The van der Waals surface area contributed by atoms with Crippen LogP contribution in [0, 0.1) is 0 Å². The number of benzene rings is 11. The van der Waals surface area contributed by atoms with Crippen molar-refractivity contribution in [2.24, 2.45) is 0 Å². The van der Waals surface area contributed by atoms with E-state index in [1.54, 1.807) is 0 Å². The quantitative estimate of drug-likeness (QED) is 0.139. The van der Waals surface area contributed by atoms with Crippen LogP contribution in [0.25, 0.3) is 88.0 Å². The van der Waals surface area contributed by atoms with E-state index in [4.69, 9.17) is 0 Å². The molecule has 0 saturated carbocycles. The van der Waals surface area contributed by atoms with Crippen LogP contribution >= 0.6 is 0 Å². The molecule has 0 atom stereocenters. The molecule has 0 bridgehead atoms. The lowest BCUT2D eigenvalue weighted by atomic mass is 9.88. The van der Waals surface area contributed by atoms with Crippen molar-refractivity contribution in [3.8, 4) is 55.6 Å². The summed E-state index contributed by atoms with van der Waals surface area (Å²) in [7, 11) is 0. The number of anilines is 3. The molecule has 0 heterocycles. The van der Waals surface area contributed by atoms with Gasteiger partial charge in [-0.05, 0) is 124 Å². The van der Waals surface area contributed by atoms with E-state index in [9.17, 15) is 0 Å². The molecular formula is C60H41N. The van der Waals surface area contributed by atoms with Crippen LogP contribution < -0.4 is 4.90 Å². The van der Waals surface area contributed by atoms with Gasteiger partial charge < -0.3 is 4.90 Å². The highest BCUT2D eigenvalue weighted by Crippen LogP contribution is 2.45. The smallest absolute Gasteiger partial charge is 0.0468 e. The fourth-order valence-corrected chi connectivity index (χ4v) is 9.17. The number of rotatable bonds is 8. The fourth-order valence-electron chi connectivity index (χ4n) is 9.17. The number of hydrogen-bond acceptors (Lipinski definition) is 1. The molecule has 11 aromatic carbocycles. The third-order valence-electron chi connectivity index (χ3n) is 12.1. The average Bonchev–Trinajstić information content (AvgIpc) is 3.34. The summed E-state index contributed by atoms with van der Waals surface area (Å²) >= 11 is 0. The Bertz CT molecular complexity index is 3360. The summed E-state index contributed by atoms with van der Waals surface area (Å²) in [6.07, 6.45) is 0. The SMILES string of the molecule is c1ccc(-c2ccc(N(c3cccc(-c4ccccc4-c4ccccc4-c4cccc5ccccc45)c3)c3ccc4ccc5ccccc5c4c3)cc2-c2ccccc2)cc1. The van der Waals surface area contributed by atoms with Crippen LogP contribution in [-0.4, -0.2) is 0 Å². The van der Waals surface area contributed by atoms with Gasteiger partial charge in [-0.25, -0.2) is 0 Å². The Morgan fingerprint density at radius 3 is 1.36 bits per heavy atom. The highest BCUT2D eigenvalue weighted by Gasteiger charge is 2.20. The lowest BCUT2D eigenvalue weighted by Crippen LogP contribution is -2.10. The van der Waals surface area contributed by atoms with Gasteiger partial charge in [0.2, 0.25) is 0 Å². The lowest BCUT2D eigenvalue weighted by Gasteiger charge is -2.28. The van der Waals surface area contributed by atoms with E-state index < -0.39 is 0 Å². The van der Waals surface area contributed by atoms with Crippen molar-refractivity contribution in [2.45, 2.75) is 0 Å². The Balaban J connectivity index is 1.11. The first-order chi connectivity index (χ1) is 30.3. The summed E-state index contributed by atoms with van der Waals surface area (Å²) in [5.41, 5.74) is 15.2. The van der Waals surface area contributed by atoms with Crippen molar-refractivity contribution in [1.82, 2.24) is 0 Å². The fraction of sp³-hybridized carbons (Fsp3) is 0. The molecule has 1 nitrogen and oxygen atoms in total. The first kappa shape index (κ1) is 36.1. The van der Waals surface area contributed by atoms with Crippen LogP contribution in [0.1, 0.15) is 0 Å². The Kier molecular flexibility index (Phi) is 9.26. The predicted octanol–water partition coefficient (Wildman–Crippen LogP) is 17.0. The van der Waals surface area contributed by atoms with E-state index in [1.165, 1.54) is 82.4 Å². The van der Waals surface area contributed by atoms with Gasteiger partial charge in [0.15, 0.2) is 0 Å². The minimum Gasteiger partial charge on any atom is -0.310 e. The maximum absolute atomic E-state index is 2.43. The summed E-state index contributed by atoms with van der Waals surface area (Å²) in [4.78, 5) is 2.43. The normalized spacial score (nSPS) is 11.3. The highest BCUT2D eigenvalue weighted by molar-refractivity contribution is 6.09. The molecular weight excluding hydrogens is 735 g/mol. The van der Waals surface area contributed by atoms with E-state index in [2.05, 4.69) is 254 Å². The van der Waals surface area contributed by atoms with Crippen LogP contribution in [0.5, 0.6) is 0 Å². The second-order valence-electron chi connectivity index (χ2n) is 15.7. The lowest BCUT2D eigenvalue weighted by molar-refractivity contribution is 1.29. The Hall–Kier alpha value is -8.00. The minimum absolute atomic E-state index is 1.08. The molecule has 11 aromatic rings. The average molecular weight is 776 g/mol. The molecule has 0 spiro atoms. The van der Waals surface area contributed by atoms with Crippen LogP contribution in [0.3, 0.4) is 0 Å². The van der Waals surface area contributed by atoms with E-state index >= 15 is 0 Å². The van der Waals surface area contributed by atoms with E-state index in [-0.39, 0.29) is 0 Å². The van der Waals surface area contributed by atoms with Gasteiger partial charge in [-0.1, -0.05) is 212 Å². The second kappa shape index (κ2) is 15.6. The Morgan fingerprint density at radius 2 is 0.623 bits per heavy atom. The first-order valence-electron chi connectivity index (χ1n) is 21.0. The molecule has 0 aliphatic heterocycles. The van der Waals surface area contributed by atoms with Crippen LogP contribution in [0.2, 0.25) is 0 Å². The molecule has 0 saturated heterocycles. The van der Waals surface area contributed by atoms with Crippen molar-refractivity contribution in [3.05, 3.63) is 249 Å². The zero-order valence-corrected chi connectivity index (χ0v) is 33.6. The number of fused-ring (bicyclic) bond motifs is 4. The molecule has 61 heavy (non-hydrogen) atoms. The molecule has 286 valence electrons. The Morgan fingerprint density at radius 1 is 0.197 bits per heavy atom. The van der Waals surface area contributed by atoms with Gasteiger partial charge >= 0.3 is 0 Å². The third-order valence-corrected chi connectivity index (χ3v) is 12.1. The molecule has 0 fully saturated rings. The summed E-state index contributed by atoms with van der Waals surface area (Å²) in [6.45, 7) is 0. The first-order valence-corrected chi connectivity index (χ1v) is 21.0. The maximum atomic E-state index is 2.43. The standard InChI is InChI=1S/C60H41N/c1-3-17-42(18-4-1)54-38-37-50(41-59(54)44-19-5-2-6-20-44)61(49-36-35-46-34-33-45-22-8-10-27-52(45)60(46)40-49)48-25-15-24-47(39-48)53-28-11-12-29-55(53)57-30-13-14-31-58(57)56-32-16-23-43-21-7-9-26-51(43)56/h1-41H. The zero-order chi connectivity index (χ0) is 40.5. The molecule has 0 N–H and O–H groups in total. The molecule has 0 aromatic heterocycles. The Labute approximate surface area is 357 Å². The van der Waals surface area contributed by atoms with Crippen molar-refractivity contribution in [2.75, 3.05) is 4.90 Å². The van der Waals surface area contributed by atoms with Crippen LogP contribution in [0.4, 0.5) is 17.1 Å². The second-order valence-corrected chi connectivity index (χ2v) is 15.7. The number of nitrogens with zero attached hydrogens (tertiary/aromatic N) is 1. The summed E-state index contributed by atoms with van der Waals surface area (Å²) in [5, 5.41) is 7.43.